The molecule has 0 saturated heterocycles. The third-order valence-corrected chi connectivity index (χ3v) is 4.82. The van der Waals surface area contributed by atoms with Crippen LogP contribution in [0.25, 0.3) is 28.4 Å². The zero-order chi connectivity index (χ0) is 20.2. The minimum absolute atomic E-state index is 0.215. The number of hydrogen-bond acceptors (Lipinski definition) is 4. The Morgan fingerprint density at radius 3 is 2.76 bits per heavy atom. The number of carbonyl (C=O) groups is 1. The summed E-state index contributed by atoms with van der Waals surface area (Å²) in [7, 11) is 0. The lowest BCUT2D eigenvalue weighted by molar-refractivity contribution is -0.111. The van der Waals surface area contributed by atoms with Gasteiger partial charge in [-0.05, 0) is 31.2 Å². The molecule has 0 spiro atoms. The molecule has 1 N–H and O–H groups in total. The zero-order valence-corrected chi connectivity index (χ0v) is 16.4. The normalized spacial score (nSPS) is 11.4. The van der Waals surface area contributed by atoms with Crippen LogP contribution < -0.4 is 5.32 Å². The number of hydrogen-bond donors (Lipinski definition) is 1. The Labute approximate surface area is 168 Å². The largest absolute Gasteiger partial charge is 0.460 e. The van der Waals surface area contributed by atoms with Gasteiger partial charge in [0.05, 0.1) is 5.69 Å². The van der Waals surface area contributed by atoms with E-state index in [1.807, 2.05) is 73.0 Å². The van der Waals surface area contributed by atoms with Crippen molar-refractivity contribution in [1.82, 2.24) is 14.8 Å². The van der Waals surface area contributed by atoms with Gasteiger partial charge in [0.2, 0.25) is 5.91 Å². The lowest BCUT2D eigenvalue weighted by Crippen LogP contribution is -2.09. The molecule has 0 bridgehead atoms. The third-order valence-electron chi connectivity index (χ3n) is 4.82. The van der Waals surface area contributed by atoms with Crippen LogP contribution in [-0.2, 0) is 17.8 Å². The van der Waals surface area contributed by atoms with E-state index in [1.165, 1.54) is 6.08 Å². The summed E-state index contributed by atoms with van der Waals surface area (Å²) in [5.41, 5.74) is 3.29. The van der Waals surface area contributed by atoms with Gasteiger partial charge in [0.1, 0.15) is 17.7 Å². The van der Waals surface area contributed by atoms with E-state index in [2.05, 4.69) is 15.5 Å². The number of nitrogens with zero attached hydrogens (tertiary/aromatic N) is 3. The molecule has 4 aromatic rings. The van der Waals surface area contributed by atoms with Crippen molar-refractivity contribution in [2.24, 2.45) is 0 Å². The van der Waals surface area contributed by atoms with E-state index in [1.54, 1.807) is 6.33 Å². The summed E-state index contributed by atoms with van der Waals surface area (Å²) in [6, 6.07) is 15.4. The molecule has 2 aromatic carbocycles. The number of aryl methyl sites for hydroxylation is 2. The highest BCUT2D eigenvalue weighted by atomic mass is 16.3. The predicted molar refractivity (Wildman–Crippen MR) is 114 cm³/mol. The first-order valence-corrected chi connectivity index (χ1v) is 9.68. The molecule has 0 aliphatic rings. The molecular formula is C23H22N4O2. The van der Waals surface area contributed by atoms with Crippen LogP contribution in [0.5, 0.6) is 0 Å². The fourth-order valence-electron chi connectivity index (χ4n) is 3.38. The first kappa shape index (κ1) is 18.7. The highest BCUT2D eigenvalue weighted by Gasteiger charge is 2.13. The maximum atomic E-state index is 12.6. The van der Waals surface area contributed by atoms with Crippen molar-refractivity contribution in [2.45, 2.75) is 26.8 Å². The number of para-hydroxylation sites is 2. The molecule has 29 heavy (non-hydrogen) atoms. The minimum Gasteiger partial charge on any atom is -0.460 e. The van der Waals surface area contributed by atoms with E-state index in [9.17, 15) is 4.79 Å². The van der Waals surface area contributed by atoms with Gasteiger partial charge in [-0.25, -0.2) is 0 Å². The Morgan fingerprint density at radius 2 is 1.93 bits per heavy atom. The van der Waals surface area contributed by atoms with E-state index >= 15 is 0 Å². The Kier molecular flexibility index (Phi) is 5.24. The van der Waals surface area contributed by atoms with Gasteiger partial charge >= 0.3 is 0 Å². The van der Waals surface area contributed by atoms with Crippen LogP contribution in [-0.4, -0.2) is 20.7 Å². The zero-order valence-electron chi connectivity index (χ0n) is 16.4. The Bertz CT molecular complexity index is 1190. The molecule has 6 nitrogen and oxygen atoms in total. The monoisotopic (exact) mass is 386 g/mol. The maximum absolute atomic E-state index is 12.6. The van der Waals surface area contributed by atoms with Crippen molar-refractivity contribution < 1.29 is 9.21 Å². The van der Waals surface area contributed by atoms with Crippen LogP contribution >= 0.6 is 0 Å². The molecule has 0 atom stereocenters. The van der Waals surface area contributed by atoms with Crippen LogP contribution in [0.2, 0.25) is 0 Å². The van der Waals surface area contributed by atoms with Gasteiger partial charge in [0.15, 0.2) is 5.82 Å². The summed E-state index contributed by atoms with van der Waals surface area (Å²) in [6.45, 7) is 4.81. The predicted octanol–water partition coefficient (Wildman–Crippen LogP) is 4.93. The minimum atomic E-state index is -0.215. The molecule has 2 aromatic heterocycles. The highest BCUT2D eigenvalue weighted by Crippen LogP contribution is 2.28. The topological polar surface area (TPSA) is 73.0 Å². The lowest BCUT2D eigenvalue weighted by Gasteiger charge is -2.10. The summed E-state index contributed by atoms with van der Waals surface area (Å²) in [4.78, 5) is 12.6. The molecule has 146 valence electrons. The SMILES string of the molecule is CCc1oc2ccccc2c1/C=C/C(=O)Nc1ccccc1-c1nncn1CC. The first-order valence-electron chi connectivity index (χ1n) is 9.68. The number of benzene rings is 2. The highest BCUT2D eigenvalue weighted by molar-refractivity contribution is 6.05. The van der Waals surface area contributed by atoms with Gasteiger partial charge in [-0.3, -0.25) is 4.79 Å². The number of carbonyl (C=O) groups excluding carboxylic acids is 1. The van der Waals surface area contributed by atoms with Gasteiger partial charge in [-0.1, -0.05) is 37.3 Å². The fraction of sp³-hybridized carbons (Fsp3) is 0.174. The molecule has 6 heteroatoms. The van der Waals surface area contributed by atoms with E-state index in [4.69, 9.17) is 4.42 Å². The van der Waals surface area contributed by atoms with Crippen molar-refractivity contribution in [3.63, 3.8) is 0 Å². The van der Waals surface area contributed by atoms with Crippen molar-refractivity contribution in [1.29, 1.82) is 0 Å². The van der Waals surface area contributed by atoms with Crippen molar-refractivity contribution in [3.05, 3.63) is 72.3 Å². The van der Waals surface area contributed by atoms with Crippen LogP contribution in [0.3, 0.4) is 0 Å². The molecule has 0 saturated carbocycles. The average Bonchev–Trinajstić information content (AvgIpc) is 3.36. The van der Waals surface area contributed by atoms with Gasteiger partial charge in [0, 0.05) is 35.6 Å². The Morgan fingerprint density at radius 1 is 1.14 bits per heavy atom. The molecule has 4 rings (SSSR count). The summed E-state index contributed by atoms with van der Waals surface area (Å²) in [5.74, 6) is 1.38. The van der Waals surface area contributed by atoms with E-state index in [-0.39, 0.29) is 5.91 Å². The Balaban J connectivity index is 1.61. The van der Waals surface area contributed by atoms with Gasteiger partial charge in [0.25, 0.3) is 0 Å². The summed E-state index contributed by atoms with van der Waals surface area (Å²) < 4.78 is 7.83. The van der Waals surface area contributed by atoms with Gasteiger partial charge in [-0.15, -0.1) is 10.2 Å². The molecule has 1 amide bonds. The van der Waals surface area contributed by atoms with Crippen molar-refractivity contribution in [3.8, 4) is 11.4 Å². The molecule has 0 unspecified atom stereocenters. The number of anilines is 1. The summed E-state index contributed by atoms with van der Waals surface area (Å²) in [5, 5.41) is 12.1. The summed E-state index contributed by atoms with van der Waals surface area (Å²) >= 11 is 0. The third kappa shape index (κ3) is 3.69. The number of fused-ring (bicyclic) bond motifs is 1. The molecule has 0 aliphatic carbocycles. The fourth-order valence-corrected chi connectivity index (χ4v) is 3.38. The second kappa shape index (κ2) is 8.14. The lowest BCUT2D eigenvalue weighted by atomic mass is 10.1. The van der Waals surface area contributed by atoms with Crippen LogP contribution in [0.1, 0.15) is 25.2 Å². The number of aromatic nitrogens is 3. The number of furan rings is 1. The second-order valence-corrected chi connectivity index (χ2v) is 6.60. The Hall–Kier alpha value is -3.67. The molecule has 2 heterocycles. The van der Waals surface area contributed by atoms with Crippen molar-refractivity contribution >= 4 is 28.6 Å². The molecular weight excluding hydrogens is 364 g/mol. The van der Waals surface area contributed by atoms with Crippen LogP contribution in [0.15, 0.2) is 65.4 Å². The first-order chi connectivity index (χ1) is 14.2. The van der Waals surface area contributed by atoms with Crippen LogP contribution in [0.4, 0.5) is 5.69 Å². The number of nitrogens with one attached hydrogen (secondary N) is 1. The smallest absolute Gasteiger partial charge is 0.248 e. The molecule has 0 radical (unpaired) electrons. The molecule has 0 aliphatic heterocycles. The second-order valence-electron chi connectivity index (χ2n) is 6.60. The van der Waals surface area contributed by atoms with Crippen molar-refractivity contribution in [2.75, 3.05) is 5.32 Å². The number of rotatable bonds is 6. The van der Waals surface area contributed by atoms with Gasteiger partial charge < -0.3 is 14.3 Å². The van der Waals surface area contributed by atoms with E-state index in [0.717, 1.165) is 46.6 Å². The quantitative estimate of drug-likeness (QED) is 0.477. The van der Waals surface area contributed by atoms with Gasteiger partial charge in [-0.2, -0.15) is 0 Å². The number of amides is 1. The summed E-state index contributed by atoms with van der Waals surface area (Å²) in [6.07, 6.45) is 5.80. The van der Waals surface area contributed by atoms with Crippen LogP contribution in [0, 0.1) is 0 Å². The average molecular weight is 386 g/mol. The standard InChI is InChI=1S/C23H22N4O2/c1-3-20-17(16-9-6-8-12-21(16)29-20)13-14-22(28)25-19-11-7-5-10-18(19)23-26-24-15-27(23)4-2/h5-15H,3-4H2,1-2H3,(H,25,28)/b14-13+. The van der Waals surface area contributed by atoms with E-state index < -0.39 is 0 Å². The molecule has 0 fully saturated rings. The maximum Gasteiger partial charge on any atom is 0.248 e. The van der Waals surface area contributed by atoms with E-state index in [0.29, 0.717) is 5.69 Å².